The summed E-state index contributed by atoms with van der Waals surface area (Å²) in [7, 11) is 0. The van der Waals surface area contributed by atoms with Crippen LogP contribution < -0.4 is 11.1 Å². The molecule has 0 unspecified atom stereocenters. The fraction of sp³-hybridized carbons (Fsp3) is 0.897. The highest BCUT2D eigenvalue weighted by atomic mass is 16.6. The average Bonchev–Trinajstić information content (AvgIpc) is 2.93. The number of alkyl carbamates (subject to hydrolysis) is 1. The first kappa shape index (κ1) is 31.6. The van der Waals surface area contributed by atoms with Crippen molar-refractivity contribution in [2.75, 3.05) is 26.3 Å². The van der Waals surface area contributed by atoms with Crippen LogP contribution in [0.5, 0.6) is 0 Å². The zero-order valence-corrected chi connectivity index (χ0v) is 24.3. The van der Waals surface area contributed by atoms with Crippen molar-refractivity contribution in [1.82, 2.24) is 15.1 Å². The van der Waals surface area contributed by atoms with Crippen molar-refractivity contribution >= 4 is 17.9 Å². The van der Waals surface area contributed by atoms with Gasteiger partial charge in [-0.3, -0.25) is 9.59 Å². The van der Waals surface area contributed by atoms with Crippen LogP contribution in [0.2, 0.25) is 0 Å². The molecule has 2 heterocycles. The molecule has 2 saturated heterocycles. The van der Waals surface area contributed by atoms with Crippen molar-refractivity contribution in [3.8, 4) is 0 Å². The molecule has 0 radical (unpaired) electrons. The van der Waals surface area contributed by atoms with E-state index in [2.05, 4.69) is 5.32 Å². The van der Waals surface area contributed by atoms with Crippen LogP contribution >= 0.6 is 0 Å². The number of aliphatic hydroxyl groups excluding tert-OH is 2. The molecule has 224 valence electrons. The Labute approximate surface area is 234 Å². The van der Waals surface area contributed by atoms with E-state index in [9.17, 15) is 19.5 Å². The third-order valence-electron chi connectivity index (χ3n) is 8.74. The Balaban J connectivity index is 0.000000230. The van der Waals surface area contributed by atoms with E-state index in [0.29, 0.717) is 24.4 Å². The van der Waals surface area contributed by atoms with Gasteiger partial charge in [-0.1, -0.05) is 25.7 Å². The molecule has 2 aliphatic carbocycles. The number of carbonyl (C=O) groups is 3. The van der Waals surface area contributed by atoms with Gasteiger partial charge in [-0.2, -0.15) is 0 Å². The molecule has 0 aromatic rings. The van der Waals surface area contributed by atoms with Gasteiger partial charge in [-0.25, -0.2) is 4.79 Å². The van der Waals surface area contributed by atoms with Crippen LogP contribution in [0.25, 0.3) is 0 Å². The van der Waals surface area contributed by atoms with Crippen molar-refractivity contribution in [2.45, 2.75) is 128 Å². The molecule has 0 aromatic carbocycles. The number of ether oxygens (including phenoxy) is 1. The van der Waals surface area contributed by atoms with E-state index < -0.39 is 30.4 Å². The van der Waals surface area contributed by atoms with Gasteiger partial charge in [0.2, 0.25) is 11.8 Å². The zero-order chi connectivity index (χ0) is 28.6. The van der Waals surface area contributed by atoms with E-state index in [-0.39, 0.29) is 24.5 Å². The Hall–Kier alpha value is -1.91. The minimum atomic E-state index is -0.925. The van der Waals surface area contributed by atoms with E-state index >= 15 is 0 Å². The van der Waals surface area contributed by atoms with Gasteiger partial charge in [-0.15, -0.1) is 0 Å². The summed E-state index contributed by atoms with van der Waals surface area (Å²) in [6.45, 7) is 6.18. The number of likely N-dealkylation sites (tertiary alicyclic amines) is 2. The first-order chi connectivity index (χ1) is 18.6. The number of hydrogen-bond acceptors (Lipinski definition) is 7. The number of piperidine rings is 2. The van der Waals surface area contributed by atoms with Gasteiger partial charge in [0.15, 0.2) is 0 Å². The van der Waals surface area contributed by atoms with E-state index in [0.717, 1.165) is 38.6 Å². The molecule has 0 aromatic heterocycles. The first-order valence-electron chi connectivity index (χ1n) is 15.1. The maximum atomic E-state index is 12.8. The normalized spacial score (nSPS) is 28.6. The van der Waals surface area contributed by atoms with Gasteiger partial charge in [0.1, 0.15) is 17.7 Å². The molecule has 2 aliphatic heterocycles. The van der Waals surface area contributed by atoms with E-state index in [1.165, 1.54) is 44.9 Å². The number of fused-ring (bicyclic) bond motifs is 2. The Morgan fingerprint density at radius 2 is 1.26 bits per heavy atom. The highest BCUT2D eigenvalue weighted by molar-refractivity contribution is 5.86. The molecule has 10 nitrogen and oxygen atoms in total. The number of nitrogens with zero attached hydrogens (tertiary/aromatic N) is 2. The fourth-order valence-corrected chi connectivity index (χ4v) is 6.92. The van der Waals surface area contributed by atoms with E-state index in [1.807, 2.05) is 9.80 Å². The summed E-state index contributed by atoms with van der Waals surface area (Å²) >= 11 is 0. The van der Waals surface area contributed by atoms with Crippen LogP contribution in [0.1, 0.15) is 97.8 Å². The second-order valence-electron chi connectivity index (χ2n) is 12.7. The number of nitrogens with one attached hydrogen (secondary N) is 1. The highest BCUT2D eigenvalue weighted by Crippen LogP contribution is 2.36. The van der Waals surface area contributed by atoms with Gasteiger partial charge in [0.05, 0.1) is 13.2 Å². The molecule has 2 saturated carbocycles. The lowest BCUT2D eigenvalue weighted by Crippen LogP contribution is -2.57. The summed E-state index contributed by atoms with van der Waals surface area (Å²) < 4.78 is 5.18. The molecule has 0 bridgehead atoms. The van der Waals surface area contributed by atoms with Gasteiger partial charge in [0, 0.05) is 25.2 Å². The fourth-order valence-electron chi connectivity index (χ4n) is 6.92. The summed E-state index contributed by atoms with van der Waals surface area (Å²) in [5.74, 6) is 1.01. The number of aliphatic hydroxyl groups is 2. The number of hydrogen-bond donors (Lipinski definition) is 4. The van der Waals surface area contributed by atoms with Gasteiger partial charge in [-0.05, 0) is 84.0 Å². The highest BCUT2D eigenvalue weighted by Gasteiger charge is 2.39. The summed E-state index contributed by atoms with van der Waals surface area (Å²) in [4.78, 5) is 40.5. The van der Waals surface area contributed by atoms with Crippen LogP contribution in [-0.2, 0) is 14.3 Å². The summed E-state index contributed by atoms with van der Waals surface area (Å²) in [5.41, 5.74) is 5.00. The van der Waals surface area contributed by atoms with Crippen LogP contribution in [0.15, 0.2) is 0 Å². The monoisotopic (exact) mass is 552 g/mol. The second kappa shape index (κ2) is 14.6. The third-order valence-corrected chi connectivity index (χ3v) is 8.74. The van der Waals surface area contributed by atoms with Gasteiger partial charge in [0.25, 0.3) is 0 Å². The Morgan fingerprint density at radius 1 is 0.795 bits per heavy atom. The standard InChI is InChI=1S/C17H30N2O4.C12H22N2O2/c1-17(2,3)23-16(22)18-13(11-20)15(21)19-10-6-8-12-7-4-5-9-14(12)19;13-10(8-15)12(16)14-7-3-5-9-4-1-2-6-11(9)14/h12-14,20H,4-11H2,1-3H3,(H,18,22);9-11,15H,1-8,13H2/t12-,13-,14+;9-,10-,11+/m11/s1. The Morgan fingerprint density at radius 3 is 1.72 bits per heavy atom. The molecule has 39 heavy (non-hydrogen) atoms. The molecule has 4 aliphatic rings. The van der Waals surface area contributed by atoms with Crippen molar-refractivity contribution in [2.24, 2.45) is 17.6 Å². The lowest BCUT2D eigenvalue weighted by atomic mass is 9.78. The molecule has 3 amide bonds. The predicted octanol–water partition coefficient (Wildman–Crippen LogP) is 2.54. The summed E-state index contributed by atoms with van der Waals surface area (Å²) in [5, 5.41) is 21.0. The first-order valence-corrected chi connectivity index (χ1v) is 15.1. The third kappa shape index (κ3) is 8.79. The molecule has 4 rings (SSSR count). The van der Waals surface area contributed by atoms with E-state index in [4.69, 9.17) is 15.6 Å². The van der Waals surface area contributed by atoms with Crippen molar-refractivity contribution in [3.63, 3.8) is 0 Å². The van der Waals surface area contributed by atoms with Crippen LogP contribution in [0.4, 0.5) is 4.79 Å². The molecular weight excluding hydrogens is 500 g/mol. The number of amides is 3. The minimum Gasteiger partial charge on any atom is -0.444 e. The molecule has 6 atom stereocenters. The molecule has 4 fully saturated rings. The Kier molecular flexibility index (Phi) is 11.9. The summed E-state index contributed by atoms with van der Waals surface area (Å²) in [6.07, 6.45) is 13.3. The predicted molar refractivity (Wildman–Crippen MR) is 149 cm³/mol. The van der Waals surface area contributed by atoms with Crippen molar-refractivity contribution in [3.05, 3.63) is 0 Å². The van der Waals surface area contributed by atoms with Crippen molar-refractivity contribution < 1.29 is 29.3 Å². The maximum absolute atomic E-state index is 12.8. The number of nitrogens with two attached hydrogens (primary N) is 1. The SMILES string of the molecule is CC(C)(C)OC(=O)N[C@H](CO)C(=O)N1CCC[C@H]2CCCC[C@@H]21.N[C@H](CO)C(=O)N1CCC[C@H]2CCCC[C@@H]21. The molecule has 5 N–H and O–H groups in total. The second-order valence-corrected chi connectivity index (χ2v) is 12.7. The van der Waals surface area contributed by atoms with Crippen molar-refractivity contribution in [1.29, 1.82) is 0 Å². The average molecular weight is 553 g/mol. The smallest absolute Gasteiger partial charge is 0.408 e. The van der Waals surface area contributed by atoms with Crippen LogP contribution in [0, 0.1) is 11.8 Å². The maximum Gasteiger partial charge on any atom is 0.408 e. The lowest BCUT2D eigenvalue weighted by molar-refractivity contribution is -0.141. The summed E-state index contributed by atoms with van der Waals surface area (Å²) in [6, 6.07) is -0.988. The quantitative estimate of drug-likeness (QED) is 0.410. The Bertz CT molecular complexity index is 814. The molecular formula is C29H52N4O6. The largest absolute Gasteiger partial charge is 0.444 e. The lowest BCUT2D eigenvalue weighted by Gasteiger charge is -2.45. The van der Waals surface area contributed by atoms with Gasteiger partial charge < -0.3 is 35.8 Å². The number of carbonyl (C=O) groups excluding carboxylic acids is 3. The zero-order valence-electron chi connectivity index (χ0n) is 24.3. The molecule has 10 heteroatoms. The number of rotatable bonds is 5. The van der Waals surface area contributed by atoms with Crippen LogP contribution in [0.3, 0.4) is 0 Å². The van der Waals surface area contributed by atoms with Crippen LogP contribution in [-0.4, -0.2) is 94.0 Å². The topological polar surface area (TPSA) is 145 Å². The molecule has 0 spiro atoms. The van der Waals surface area contributed by atoms with E-state index in [1.54, 1.807) is 20.8 Å². The van der Waals surface area contributed by atoms with Gasteiger partial charge >= 0.3 is 6.09 Å². The minimum absolute atomic E-state index is 0.0564.